The van der Waals surface area contributed by atoms with Crippen molar-refractivity contribution in [3.05, 3.63) is 86.9 Å². The van der Waals surface area contributed by atoms with E-state index in [1.165, 1.54) is 48.5 Å². The number of carbonyl (C=O) groups is 2. The summed E-state index contributed by atoms with van der Waals surface area (Å²) in [4.78, 5) is 25.3. The monoisotopic (exact) mass is 683 g/mol. The number of halogens is 6. The minimum atomic E-state index is -4.69. The third-order valence-electron chi connectivity index (χ3n) is 5.55. The maximum atomic E-state index is 14.2. The van der Waals surface area contributed by atoms with Gasteiger partial charge in [0, 0.05) is 50.1 Å². The Morgan fingerprint density at radius 2 is 1.85 bits per heavy atom. The minimum absolute atomic E-state index is 0. The van der Waals surface area contributed by atoms with Crippen molar-refractivity contribution in [2.75, 3.05) is 19.8 Å². The third-order valence-corrected chi connectivity index (χ3v) is 6.20. The Balaban J connectivity index is 0.00000420. The molecule has 3 aromatic rings. The Morgan fingerprint density at radius 1 is 1.08 bits per heavy atom. The number of hydrogen-bond donors (Lipinski definition) is 1. The average Bonchev–Trinajstić information content (AvgIpc) is 3.36. The Bertz CT molecular complexity index is 1350. The van der Waals surface area contributed by atoms with Crippen LogP contribution in [0.5, 0.6) is 5.75 Å². The Morgan fingerprint density at radius 3 is 2.51 bits per heavy atom. The molecule has 4 rings (SSSR count). The van der Waals surface area contributed by atoms with Crippen LogP contribution in [0.25, 0.3) is 16.4 Å². The molecular formula is C26H19CdCl2F4N2O4-. The molecule has 0 bridgehead atoms. The van der Waals surface area contributed by atoms with Gasteiger partial charge in [-0.15, -0.1) is 0 Å². The summed E-state index contributed by atoms with van der Waals surface area (Å²) in [6.45, 7) is -0.734. The molecule has 2 amide bonds. The first-order valence-electron chi connectivity index (χ1n) is 11.2. The second-order valence-corrected chi connectivity index (χ2v) is 9.14. The number of benzene rings is 3. The number of nitrogens with zero attached hydrogens (tertiary/aromatic N) is 1. The predicted octanol–water partition coefficient (Wildman–Crippen LogP) is 7.10. The van der Waals surface area contributed by atoms with Crippen LogP contribution in [0, 0.1) is 5.82 Å². The normalized spacial score (nSPS) is 14.9. The van der Waals surface area contributed by atoms with E-state index in [0.717, 1.165) is 6.07 Å². The number of alkyl halides is 3. The molecule has 0 aliphatic carbocycles. The van der Waals surface area contributed by atoms with E-state index in [9.17, 15) is 27.2 Å². The van der Waals surface area contributed by atoms with Crippen molar-refractivity contribution < 1.29 is 63.9 Å². The summed E-state index contributed by atoms with van der Waals surface area (Å²) < 4.78 is 63.2. The average molecular weight is 683 g/mol. The zero-order chi connectivity index (χ0) is 27.4. The van der Waals surface area contributed by atoms with Crippen LogP contribution in [-0.4, -0.2) is 43.9 Å². The van der Waals surface area contributed by atoms with Crippen LogP contribution < -0.4 is 10.1 Å². The van der Waals surface area contributed by atoms with Crippen molar-refractivity contribution in [1.29, 1.82) is 0 Å². The van der Waals surface area contributed by atoms with Gasteiger partial charge in [0.05, 0.1) is 29.1 Å². The van der Waals surface area contributed by atoms with Crippen LogP contribution in [0.2, 0.25) is 10.0 Å². The van der Waals surface area contributed by atoms with E-state index in [1.54, 1.807) is 0 Å². The topological polar surface area (TPSA) is 78.7 Å². The molecular weight excluding hydrogens is 664 g/mol. The number of rotatable bonds is 7. The summed E-state index contributed by atoms with van der Waals surface area (Å²) in [5.74, 6) is -2.82. The Labute approximate surface area is 251 Å². The van der Waals surface area contributed by atoms with Crippen molar-refractivity contribution in [2.45, 2.75) is 18.6 Å². The van der Waals surface area contributed by atoms with Crippen molar-refractivity contribution >= 4 is 40.7 Å². The summed E-state index contributed by atoms with van der Waals surface area (Å²) >= 11 is 12.3. The Kier molecular flexibility index (Phi) is 10.6. The van der Waals surface area contributed by atoms with Crippen LogP contribution >= 0.6 is 23.2 Å². The van der Waals surface area contributed by atoms with Gasteiger partial charge in [-0.25, -0.2) is 4.39 Å². The van der Waals surface area contributed by atoms with Crippen LogP contribution in [0.3, 0.4) is 0 Å². The van der Waals surface area contributed by atoms with E-state index in [2.05, 4.69) is 10.6 Å². The van der Waals surface area contributed by atoms with Gasteiger partial charge in [0.1, 0.15) is 11.6 Å². The number of amides is 2. The Hall–Kier alpha value is -2.42. The predicted molar refractivity (Wildman–Crippen MR) is 134 cm³/mol. The summed E-state index contributed by atoms with van der Waals surface area (Å²) in [5.41, 5.74) is 0.0745. The molecule has 1 atom stereocenters. The first kappa shape index (κ1) is 31.1. The van der Waals surface area contributed by atoms with Crippen LogP contribution in [0.4, 0.5) is 23.2 Å². The van der Waals surface area contributed by atoms with Crippen molar-refractivity contribution in [2.24, 2.45) is 0 Å². The van der Waals surface area contributed by atoms with Gasteiger partial charge in [0.15, 0.2) is 6.61 Å². The molecule has 3 aromatic carbocycles. The zero-order valence-electron chi connectivity index (χ0n) is 20.2. The van der Waals surface area contributed by atoms with Gasteiger partial charge < -0.3 is 24.9 Å². The molecule has 0 spiro atoms. The molecule has 1 fully saturated rings. The molecule has 6 nitrogen and oxygen atoms in total. The van der Waals surface area contributed by atoms with E-state index >= 15 is 0 Å². The molecule has 0 unspecified atom stereocenters. The summed E-state index contributed by atoms with van der Waals surface area (Å²) in [7, 11) is 0. The first-order valence-corrected chi connectivity index (χ1v) is 12.0. The number of hydrogen-bond acceptors (Lipinski definition) is 4. The molecule has 39 heavy (non-hydrogen) atoms. The maximum absolute atomic E-state index is 14.2. The molecule has 1 heterocycles. The quantitative estimate of drug-likeness (QED) is 0.213. The molecule has 0 saturated carbocycles. The fraction of sp³-hybridized carbons (Fsp3) is 0.231. The van der Waals surface area contributed by atoms with Crippen molar-refractivity contribution in [3.63, 3.8) is 0 Å². The van der Waals surface area contributed by atoms with Crippen LogP contribution in [-0.2, 0) is 32.0 Å². The molecule has 0 aromatic heterocycles. The van der Waals surface area contributed by atoms with E-state index in [0.29, 0.717) is 30.8 Å². The van der Waals surface area contributed by atoms with Crippen molar-refractivity contribution in [1.82, 2.24) is 5.32 Å². The van der Waals surface area contributed by atoms with Gasteiger partial charge in [-0.3, -0.25) is 4.79 Å². The number of nitrogens with one attached hydrogen (secondary N) is 1. The van der Waals surface area contributed by atoms with Gasteiger partial charge in [0.2, 0.25) is 0 Å². The molecule has 1 aliphatic rings. The SMILES string of the molecule is O=C(N[C@@H]1CCOC1)c1ccc(Cl)c(-c2ccc([N-]C(=O)c3c(F)cccc3Cl)c(OCC(F)(F)F)c2)c1.[Cd]. The van der Waals surface area contributed by atoms with Gasteiger partial charge in [0.25, 0.3) is 5.91 Å². The van der Waals surface area contributed by atoms with E-state index in [1.807, 2.05) is 0 Å². The van der Waals surface area contributed by atoms with Gasteiger partial charge in [-0.2, -0.15) is 13.2 Å². The smallest absolute Gasteiger partial charge is 0.422 e. The first-order chi connectivity index (χ1) is 18.0. The molecule has 1 N–H and O–H groups in total. The third kappa shape index (κ3) is 8.05. The summed E-state index contributed by atoms with van der Waals surface area (Å²) in [6, 6.07) is 11.8. The van der Waals surface area contributed by atoms with E-state index < -0.39 is 35.8 Å². The summed E-state index contributed by atoms with van der Waals surface area (Å²) in [5, 5.41) is 6.60. The molecule has 0 radical (unpaired) electrons. The van der Waals surface area contributed by atoms with Crippen LogP contribution in [0.15, 0.2) is 54.6 Å². The molecule has 202 valence electrons. The number of carbonyl (C=O) groups excluding carboxylic acids is 2. The maximum Gasteiger partial charge on any atom is 0.422 e. The zero-order valence-corrected chi connectivity index (χ0v) is 25.7. The van der Waals surface area contributed by atoms with Gasteiger partial charge >= 0.3 is 6.18 Å². The van der Waals surface area contributed by atoms with Gasteiger partial charge in [-0.1, -0.05) is 47.1 Å². The second-order valence-electron chi connectivity index (χ2n) is 8.33. The molecule has 1 saturated heterocycles. The summed E-state index contributed by atoms with van der Waals surface area (Å²) in [6.07, 6.45) is -4.01. The van der Waals surface area contributed by atoms with E-state index in [4.69, 9.17) is 32.7 Å². The molecule has 13 heteroatoms. The van der Waals surface area contributed by atoms with Crippen LogP contribution in [0.1, 0.15) is 27.1 Å². The van der Waals surface area contributed by atoms with E-state index in [-0.39, 0.29) is 60.5 Å². The second kappa shape index (κ2) is 13.3. The van der Waals surface area contributed by atoms with Gasteiger partial charge in [-0.05, 0) is 48.4 Å². The number of ether oxygens (including phenoxy) is 2. The fourth-order valence-corrected chi connectivity index (χ4v) is 4.19. The standard InChI is InChI=1S/C26H20Cl2F4N2O4.Cd/c27-18-6-4-15(24(35)33-16-8-9-37-12-16)10-17(18)14-5-7-21(22(11-14)38-13-26(30,31)32)34-25(36)23-19(28)2-1-3-20(23)29;/h1-7,10-11,16H,8-9,12-13H2,(H2,33,34,35,36);/p-1/t16-;/m1./s1. The fourth-order valence-electron chi connectivity index (χ4n) is 3.72. The van der Waals surface area contributed by atoms with Crippen molar-refractivity contribution in [3.8, 4) is 16.9 Å². The molecule has 1 aliphatic heterocycles. The largest absolute Gasteiger partial charge is 0.620 e. The minimum Gasteiger partial charge on any atom is -0.620 e.